The predicted octanol–water partition coefficient (Wildman–Crippen LogP) is 3.96. The summed E-state index contributed by atoms with van der Waals surface area (Å²) in [6.07, 6.45) is 5.91. The third kappa shape index (κ3) is 5.06. The number of benzene rings is 1. The van der Waals surface area contributed by atoms with Crippen molar-refractivity contribution >= 4 is 23.4 Å². The van der Waals surface area contributed by atoms with Crippen molar-refractivity contribution in [1.82, 2.24) is 9.97 Å². The van der Waals surface area contributed by atoms with Gasteiger partial charge in [0.15, 0.2) is 0 Å². The molecule has 3 rings (SSSR count). The molecule has 1 aromatic heterocycles. The zero-order valence-corrected chi connectivity index (χ0v) is 16.3. The highest BCUT2D eigenvalue weighted by atomic mass is 16.5. The number of ether oxygens (including phenoxy) is 1. The monoisotopic (exact) mass is 382 g/mol. The molecule has 0 spiro atoms. The van der Waals surface area contributed by atoms with Crippen LogP contribution in [0.25, 0.3) is 0 Å². The number of carbonyl (C=O) groups excluding carboxylic acids is 2. The largest absolute Gasteiger partial charge is 0.462 e. The number of rotatable bonds is 6. The van der Waals surface area contributed by atoms with Crippen LogP contribution in [0.4, 0.5) is 11.5 Å². The topological polar surface area (TPSA) is 93.2 Å². The highest BCUT2D eigenvalue weighted by Crippen LogP contribution is 2.22. The van der Waals surface area contributed by atoms with E-state index in [4.69, 9.17) is 4.74 Å². The van der Waals surface area contributed by atoms with Gasteiger partial charge in [-0.05, 0) is 38.8 Å². The Bertz CT molecular complexity index is 847. The van der Waals surface area contributed by atoms with Crippen molar-refractivity contribution < 1.29 is 14.3 Å². The molecule has 1 aliphatic carbocycles. The number of amides is 1. The third-order valence-corrected chi connectivity index (χ3v) is 4.70. The summed E-state index contributed by atoms with van der Waals surface area (Å²) in [7, 11) is 0. The molecule has 0 radical (unpaired) electrons. The normalized spacial score (nSPS) is 14.4. The summed E-state index contributed by atoms with van der Waals surface area (Å²) in [5, 5.41) is 6.19. The number of hydrogen-bond acceptors (Lipinski definition) is 6. The van der Waals surface area contributed by atoms with Gasteiger partial charge >= 0.3 is 5.97 Å². The lowest BCUT2D eigenvalue weighted by Crippen LogP contribution is -2.24. The highest BCUT2D eigenvalue weighted by molar-refractivity contribution is 6.07. The minimum Gasteiger partial charge on any atom is -0.462 e. The number of aryl methyl sites for hydroxylation is 1. The average molecular weight is 382 g/mol. The molecule has 1 heterocycles. The van der Waals surface area contributed by atoms with E-state index in [0.717, 1.165) is 12.8 Å². The van der Waals surface area contributed by atoms with E-state index in [0.29, 0.717) is 28.9 Å². The number of nitrogens with zero attached hydrogens (tertiary/aromatic N) is 2. The number of nitrogens with one attached hydrogen (secondary N) is 2. The molecule has 0 bridgehead atoms. The second kappa shape index (κ2) is 9.30. The average Bonchev–Trinajstić information content (AvgIpc) is 2.69. The molecule has 1 amide bonds. The number of esters is 1. The molecule has 0 atom stereocenters. The second-order valence-electron chi connectivity index (χ2n) is 6.89. The maximum Gasteiger partial charge on any atom is 0.340 e. The fraction of sp³-hybridized carbons (Fsp3) is 0.429. The van der Waals surface area contributed by atoms with E-state index in [1.54, 1.807) is 44.2 Å². The fourth-order valence-corrected chi connectivity index (χ4v) is 3.38. The Kier molecular flexibility index (Phi) is 6.57. The van der Waals surface area contributed by atoms with Crippen LogP contribution in [0.15, 0.2) is 30.3 Å². The first kappa shape index (κ1) is 19.8. The van der Waals surface area contributed by atoms with Crippen molar-refractivity contribution in [3.63, 3.8) is 0 Å². The summed E-state index contributed by atoms with van der Waals surface area (Å²) in [4.78, 5) is 33.5. The van der Waals surface area contributed by atoms with Crippen molar-refractivity contribution in [1.29, 1.82) is 0 Å². The second-order valence-corrected chi connectivity index (χ2v) is 6.89. The standard InChI is InChI=1S/C21H26N4O3/c1-3-28-21(27)16-11-7-8-12-17(16)25-20(26)18-13-19(23-14(2)22-18)24-15-9-5-4-6-10-15/h7-8,11-13,15H,3-6,9-10H2,1-2H3,(H,25,26)(H,22,23,24). The van der Waals surface area contributed by atoms with Crippen molar-refractivity contribution in [3.05, 3.63) is 47.4 Å². The Morgan fingerprint density at radius 3 is 2.64 bits per heavy atom. The number of anilines is 2. The maximum atomic E-state index is 12.8. The Labute approximate surface area is 164 Å². The Hall–Kier alpha value is -2.96. The van der Waals surface area contributed by atoms with Crippen LogP contribution in [0.2, 0.25) is 0 Å². The molecule has 1 saturated carbocycles. The number of carbonyl (C=O) groups is 2. The maximum absolute atomic E-state index is 12.8. The summed E-state index contributed by atoms with van der Waals surface area (Å²) in [6, 6.07) is 8.80. The van der Waals surface area contributed by atoms with Crippen LogP contribution >= 0.6 is 0 Å². The van der Waals surface area contributed by atoms with E-state index in [-0.39, 0.29) is 12.3 Å². The van der Waals surface area contributed by atoms with Gasteiger partial charge in [-0.1, -0.05) is 31.4 Å². The first-order chi connectivity index (χ1) is 13.6. The van der Waals surface area contributed by atoms with Gasteiger partial charge in [-0.15, -0.1) is 0 Å². The van der Waals surface area contributed by atoms with Gasteiger partial charge in [0.2, 0.25) is 0 Å². The van der Waals surface area contributed by atoms with Gasteiger partial charge in [0.1, 0.15) is 17.3 Å². The minimum atomic E-state index is -0.475. The smallest absolute Gasteiger partial charge is 0.340 e. The summed E-state index contributed by atoms with van der Waals surface area (Å²) in [5.41, 5.74) is 0.956. The van der Waals surface area contributed by atoms with Gasteiger partial charge in [0, 0.05) is 12.1 Å². The quantitative estimate of drug-likeness (QED) is 0.735. The molecule has 2 aromatic rings. The minimum absolute atomic E-state index is 0.254. The Morgan fingerprint density at radius 1 is 1.14 bits per heavy atom. The van der Waals surface area contributed by atoms with Crippen LogP contribution in [0.1, 0.15) is 65.7 Å². The molecule has 1 aliphatic rings. The van der Waals surface area contributed by atoms with E-state index in [1.165, 1.54) is 19.3 Å². The molecule has 0 saturated heterocycles. The van der Waals surface area contributed by atoms with E-state index in [9.17, 15) is 9.59 Å². The van der Waals surface area contributed by atoms with Crippen LogP contribution in [-0.2, 0) is 4.74 Å². The van der Waals surface area contributed by atoms with Gasteiger partial charge in [0.25, 0.3) is 5.91 Å². The van der Waals surface area contributed by atoms with Crippen LogP contribution in [-0.4, -0.2) is 34.5 Å². The molecule has 7 nitrogen and oxygen atoms in total. The molecule has 1 fully saturated rings. The Morgan fingerprint density at radius 2 is 1.89 bits per heavy atom. The third-order valence-electron chi connectivity index (χ3n) is 4.70. The molecule has 148 valence electrons. The molecule has 0 unspecified atom stereocenters. The lowest BCUT2D eigenvalue weighted by molar-refractivity contribution is 0.0527. The highest BCUT2D eigenvalue weighted by Gasteiger charge is 2.18. The van der Waals surface area contributed by atoms with Gasteiger partial charge < -0.3 is 15.4 Å². The number of aromatic nitrogens is 2. The summed E-state index contributed by atoms with van der Waals surface area (Å²) in [5.74, 6) is 0.304. The number of para-hydroxylation sites is 1. The molecular weight excluding hydrogens is 356 g/mol. The van der Waals surface area contributed by atoms with Crippen LogP contribution < -0.4 is 10.6 Å². The van der Waals surface area contributed by atoms with Crippen molar-refractivity contribution in [2.75, 3.05) is 17.2 Å². The lowest BCUT2D eigenvalue weighted by atomic mass is 9.95. The van der Waals surface area contributed by atoms with Gasteiger partial charge in [-0.25, -0.2) is 14.8 Å². The fourth-order valence-electron chi connectivity index (χ4n) is 3.38. The van der Waals surface area contributed by atoms with E-state index in [1.807, 2.05) is 0 Å². The summed E-state index contributed by atoms with van der Waals surface area (Å²) >= 11 is 0. The van der Waals surface area contributed by atoms with E-state index < -0.39 is 11.9 Å². The van der Waals surface area contributed by atoms with Gasteiger partial charge in [-0.3, -0.25) is 4.79 Å². The Balaban J connectivity index is 1.77. The number of hydrogen-bond donors (Lipinski definition) is 2. The van der Waals surface area contributed by atoms with Crippen molar-refractivity contribution in [3.8, 4) is 0 Å². The first-order valence-corrected chi connectivity index (χ1v) is 9.76. The lowest BCUT2D eigenvalue weighted by Gasteiger charge is -2.23. The molecule has 2 N–H and O–H groups in total. The summed E-state index contributed by atoms with van der Waals surface area (Å²) < 4.78 is 5.05. The van der Waals surface area contributed by atoms with E-state index >= 15 is 0 Å². The van der Waals surface area contributed by atoms with Crippen molar-refractivity contribution in [2.24, 2.45) is 0 Å². The van der Waals surface area contributed by atoms with E-state index in [2.05, 4.69) is 20.6 Å². The predicted molar refractivity (Wildman–Crippen MR) is 108 cm³/mol. The van der Waals surface area contributed by atoms with Gasteiger partial charge in [0.05, 0.1) is 17.9 Å². The first-order valence-electron chi connectivity index (χ1n) is 9.76. The zero-order chi connectivity index (χ0) is 19.9. The molecule has 1 aromatic carbocycles. The molecule has 28 heavy (non-hydrogen) atoms. The summed E-state index contributed by atoms with van der Waals surface area (Å²) in [6.45, 7) is 3.77. The van der Waals surface area contributed by atoms with Crippen LogP contribution in [0.5, 0.6) is 0 Å². The van der Waals surface area contributed by atoms with Crippen LogP contribution in [0.3, 0.4) is 0 Å². The van der Waals surface area contributed by atoms with Crippen LogP contribution in [0, 0.1) is 6.92 Å². The zero-order valence-electron chi connectivity index (χ0n) is 16.3. The van der Waals surface area contributed by atoms with Crippen molar-refractivity contribution in [2.45, 2.75) is 52.0 Å². The molecular formula is C21H26N4O3. The van der Waals surface area contributed by atoms with Gasteiger partial charge in [-0.2, -0.15) is 0 Å². The molecule has 0 aliphatic heterocycles. The molecule has 7 heteroatoms. The SMILES string of the molecule is CCOC(=O)c1ccccc1NC(=O)c1cc(NC2CCCCC2)nc(C)n1.